The summed E-state index contributed by atoms with van der Waals surface area (Å²) in [6.45, 7) is 3.64. The molecule has 0 aromatic carbocycles. The highest BCUT2D eigenvalue weighted by Crippen LogP contribution is 2.29. The Morgan fingerprint density at radius 1 is 1.14 bits per heavy atom. The van der Waals surface area contributed by atoms with Gasteiger partial charge in [-0.1, -0.05) is 0 Å². The highest BCUT2D eigenvalue weighted by Gasteiger charge is 2.30. The highest BCUT2D eigenvalue weighted by molar-refractivity contribution is 8.00. The summed E-state index contributed by atoms with van der Waals surface area (Å²) < 4.78 is 6.98. The third-order valence-electron chi connectivity index (χ3n) is 6.78. The molecule has 0 unspecified atom stereocenters. The van der Waals surface area contributed by atoms with Crippen molar-refractivity contribution >= 4 is 46.5 Å². The minimum absolute atomic E-state index is 0.0320. The summed E-state index contributed by atoms with van der Waals surface area (Å²) in [5, 5.41) is 32.4. The zero-order valence-electron chi connectivity index (χ0n) is 23.3. The fourth-order valence-corrected chi connectivity index (χ4v) is 5.44. The van der Waals surface area contributed by atoms with Gasteiger partial charge in [0.25, 0.3) is 5.56 Å². The molecule has 0 aliphatic carbocycles. The van der Waals surface area contributed by atoms with Crippen LogP contribution in [0.4, 0.5) is 5.82 Å². The minimum atomic E-state index is -1.26. The predicted molar refractivity (Wildman–Crippen MR) is 158 cm³/mol. The molecule has 0 spiro atoms. The first-order valence-corrected chi connectivity index (χ1v) is 14.3. The quantitative estimate of drug-likeness (QED) is 0.200. The maximum absolute atomic E-state index is 12.5. The van der Waals surface area contributed by atoms with Gasteiger partial charge in [-0.15, -0.1) is 11.8 Å². The largest absolute Gasteiger partial charge is 0.495 e. The molecule has 2 aliphatic rings. The number of ether oxygens (including phenoxy) is 1. The smallest absolute Gasteiger partial charge is 0.328 e. The molecule has 2 atom stereocenters. The molecule has 3 aromatic rings. The number of nitrogens with one attached hydrogen (secondary N) is 2. The third kappa shape index (κ3) is 8.84. The van der Waals surface area contributed by atoms with Crippen LogP contribution in [0.5, 0.6) is 5.75 Å². The van der Waals surface area contributed by atoms with Gasteiger partial charge in [0, 0.05) is 69.5 Å². The van der Waals surface area contributed by atoms with Crippen molar-refractivity contribution < 1.29 is 34.4 Å². The van der Waals surface area contributed by atoms with E-state index in [4.69, 9.17) is 14.9 Å². The number of likely N-dealkylation sites (tertiary alicyclic amines) is 1. The Balaban J connectivity index is 0.000000467. The lowest BCUT2D eigenvalue weighted by Crippen LogP contribution is -2.31. The van der Waals surface area contributed by atoms with Crippen molar-refractivity contribution in [3.63, 3.8) is 0 Å². The maximum atomic E-state index is 12.5. The molecule has 1 amide bonds. The van der Waals surface area contributed by atoms with E-state index in [0.717, 1.165) is 28.2 Å². The topological polar surface area (TPSA) is 196 Å². The summed E-state index contributed by atoms with van der Waals surface area (Å²) in [5.74, 6) is -0.824. The van der Waals surface area contributed by atoms with Gasteiger partial charge in [-0.2, -0.15) is 0 Å². The number of nitrogens with zero attached hydrogens (tertiary/aromatic N) is 4. The number of thioether (sulfide) groups is 1. The van der Waals surface area contributed by atoms with Gasteiger partial charge in [0.05, 0.1) is 46.8 Å². The van der Waals surface area contributed by atoms with Crippen LogP contribution in [0.2, 0.25) is 0 Å². The molecule has 0 radical (unpaired) electrons. The number of aliphatic hydroxyl groups is 1. The number of aliphatic carboxylic acids is 2. The molecule has 43 heavy (non-hydrogen) atoms. The molecule has 3 aromatic heterocycles. The standard InChI is InChI=1S/C24H28N6O4S.C4H4O4/c1-34-17-8-19-18(26-11-17)3-5-23(33)30(19)7-6-29-12-15(20(31)13-29)9-25-10-16-2-4-21-24(27-16)28-22(32)14-35-21;5-3(6)1-2-4(7)8/h2-5,8,11,15,20,25,31H,6-7,9-10,12-14H2,1H3,(H,27,28,32);1-2H,(H,5,6)(H,7,8)/t15-,20+;/m1./s1. The van der Waals surface area contributed by atoms with E-state index in [-0.39, 0.29) is 17.4 Å². The first-order valence-electron chi connectivity index (χ1n) is 13.3. The number of aromatic nitrogens is 3. The Morgan fingerprint density at radius 3 is 2.63 bits per heavy atom. The third-order valence-corrected chi connectivity index (χ3v) is 7.83. The lowest BCUT2D eigenvalue weighted by atomic mass is 10.1. The Morgan fingerprint density at radius 2 is 1.91 bits per heavy atom. The number of methoxy groups -OCH3 is 1. The van der Waals surface area contributed by atoms with Crippen molar-refractivity contribution in [3.8, 4) is 5.75 Å². The van der Waals surface area contributed by atoms with Crippen LogP contribution in [-0.2, 0) is 27.5 Å². The summed E-state index contributed by atoms with van der Waals surface area (Å²) >= 11 is 1.49. The average molecular weight is 613 g/mol. The Bertz CT molecular complexity index is 1560. The van der Waals surface area contributed by atoms with Crippen LogP contribution < -0.4 is 20.9 Å². The number of hydrogen-bond acceptors (Lipinski definition) is 11. The number of fused-ring (bicyclic) bond motifs is 2. The van der Waals surface area contributed by atoms with E-state index in [0.29, 0.717) is 62.2 Å². The van der Waals surface area contributed by atoms with E-state index in [1.54, 1.807) is 23.9 Å². The number of pyridine rings is 3. The molecular formula is C28H32N6O8S. The van der Waals surface area contributed by atoms with Crippen molar-refractivity contribution in [2.45, 2.75) is 24.1 Å². The molecule has 0 bridgehead atoms. The number of β-amino-alcohol motifs (C(OH)–C–C–N with tert-alkyl or cyclic N) is 1. The lowest BCUT2D eigenvalue weighted by molar-refractivity contribution is -0.134. The molecule has 1 fully saturated rings. The zero-order valence-corrected chi connectivity index (χ0v) is 24.1. The number of aliphatic hydroxyl groups excluding tert-OH is 1. The Hall–Kier alpha value is -4.31. The van der Waals surface area contributed by atoms with E-state index in [9.17, 15) is 24.3 Å². The fraction of sp³-hybridized carbons (Fsp3) is 0.357. The molecule has 5 rings (SSSR count). The second-order valence-electron chi connectivity index (χ2n) is 9.82. The molecule has 2 aliphatic heterocycles. The van der Waals surface area contributed by atoms with Gasteiger partial charge in [-0.05, 0) is 18.2 Å². The molecule has 1 saturated heterocycles. The highest BCUT2D eigenvalue weighted by atomic mass is 32.2. The van der Waals surface area contributed by atoms with Crippen molar-refractivity contribution in [1.29, 1.82) is 0 Å². The van der Waals surface area contributed by atoms with Gasteiger partial charge in [-0.3, -0.25) is 19.5 Å². The van der Waals surface area contributed by atoms with Crippen LogP contribution in [0.15, 0.2) is 58.4 Å². The maximum Gasteiger partial charge on any atom is 0.328 e. The van der Waals surface area contributed by atoms with Gasteiger partial charge in [0.1, 0.15) is 11.6 Å². The van der Waals surface area contributed by atoms with Gasteiger partial charge in [0.15, 0.2) is 0 Å². The van der Waals surface area contributed by atoms with E-state index < -0.39 is 18.0 Å². The molecule has 5 heterocycles. The summed E-state index contributed by atoms with van der Waals surface area (Å²) in [4.78, 5) is 55.3. The van der Waals surface area contributed by atoms with Crippen molar-refractivity contribution in [3.05, 3.63) is 64.7 Å². The van der Waals surface area contributed by atoms with E-state index in [1.165, 1.54) is 17.8 Å². The van der Waals surface area contributed by atoms with Gasteiger partial charge in [0.2, 0.25) is 5.91 Å². The van der Waals surface area contributed by atoms with E-state index in [2.05, 4.69) is 25.5 Å². The first kappa shape index (κ1) is 31.6. The van der Waals surface area contributed by atoms with E-state index >= 15 is 0 Å². The molecule has 15 heteroatoms. The first-order chi connectivity index (χ1) is 20.6. The summed E-state index contributed by atoms with van der Waals surface area (Å²) in [5.41, 5.74) is 2.23. The number of anilines is 1. The number of amides is 1. The number of carboxylic acids is 2. The summed E-state index contributed by atoms with van der Waals surface area (Å²) in [6, 6.07) is 9.02. The van der Waals surface area contributed by atoms with Gasteiger partial charge >= 0.3 is 11.9 Å². The van der Waals surface area contributed by atoms with Crippen LogP contribution in [0, 0.1) is 5.92 Å². The van der Waals surface area contributed by atoms with E-state index in [1.807, 2.05) is 18.2 Å². The number of carbonyl (C=O) groups is 3. The Labute approximate surface area is 250 Å². The monoisotopic (exact) mass is 612 g/mol. The van der Waals surface area contributed by atoms with Gasteiger partial charge < -0.3 is 35.3 Å². The average Bonchev–Trinajstić information content (AvgIpc) is 3.34. The van der Waals surface area contributed by atoms with Crippen LogP contribution in [0.3, 0.4) is 0 Å². The number of hydrogen-bond donors (Lipinski definition) is 5. The normalized spacial score (nSPS) is 18.1. The second-order valence-corrected chi connectivity index (χ2v) is 10.8. The lowest BCUT2D eigenvalue weighted by Gasteiger charge is -2.18. The number of carbonyl (C=O) groups excluding carboxylic acids is 1. The zero-order chi connectivity index (χ0) is 30.9. The van der Waals surface area contributed by atoms with Crippen LogP contribution in [0.25, 0.3) is 11.0 Å². The number of carboxylic acid groups (broad SMARTS) is 2. The Kier molecular flexibility index (Phi) is 10.8. The second kappa shape index (κ2) is 14.7. The van der Waals surface area contributed by atoms with Crippen molar-refractivity contribution in [2.24, 2.45) is 5.92 Å². The summed E-state index contributed by atoms with van der Waals surface area (Å²) in [7, 11) is 1.58. The summed E-state index contributed by atoms with van der Waals surface area (Å²) in [6.07, 6.45) is 2.31. The predicted octanol–water partition coefficient (Wildman–Crippen LogP) is 0.639. The molecule has 14 nitrogen and oxygen atoms in total. The fourth-order valence-electron chi connectivity index (χ4n) is 4.69. The SMILES string of the molecule is COc1cnc2ccc(=O)n(CCN3C[C@@H](CNCc4ccc5c(n4)NC(=O)CS5)[C@@H](O)C3)c2c1.O=C(O)C=CC(=O)O. The molecule has 228 valence electrons. The molecule has 5 N–H and O–H groups in total. The molecular weight excluding hydrogens is 580 g/mol. The van der Waals surface area contributed by atoms with Gasteiger partial charge in [-0.25, -0.2) is 14.6 Å². The van der Waals surface area contributed by atoms with Crippen molar-refractivity contribution in [1.82, 2.24) is 24.8 Å². The van der Waals surface area contributed by atoms with Crippen LogP contribution in [-0.4, -0.2) is 97.7 Å². The number of rotatable bonds is 10. The van der Waals surface area contributed by atoms with Crippen LogP contribution >= 0.6 is 11.8 Å². The van der Waals surface area contributed by atoms with Crippen LogP contribution in [0.1, 0.15) is 5.69 Å². The minimum Gasteiger partial charge on any atom is -0.495 e. The molecule has 0 saturated carbocycles. The van der Waals surface area contributed by atoms with Crippen molar-refractivity contribution in [2.75, 3.05) is 44.4 Å².